The Balaban J connectivity index is 1.44. The van der Waals surface area contributed by atoms with Gasteiger partial charge in [-0.25, -0.2) is 8.78 Å². The maximum Gasteiger partial charge on any atom is 0.257 e. The molecule has 1 aliphatic heterocycles. The van der Waals surface area contributed by atoms with E-state index in [-0.39, 0.29) is 23.8 Å². The van der Waals surface area contributed by atoms with Crippen LogP contribution in [0, 0.1) is 29.4 Å². The van der Waals surface area contributed by atoms with Gasteiger partial charge in [-0.05, 0) is 49.1 Å². The molecule has 3 aliphatic rings. The number of carbonyl (C=O) groups is 2. The second-order valence-corrected chi connectivity index (χ2v) is 7.65. The second-order valence-electron chi connectivity index (χ2n) is 7.65. The van der Waals surface area contributed by atoms with Crippen molar-refractivity contribution < 1.29 is 18.4 Å². The molecule has 134 valence electrons. The van der Waals surface area contributed by atoms with Crippen LogP contribution in [0.25, 0.3) is 0 Å². The average Bonchev–Trinajstić information content (AvgIpc) is 3.26. The van der Waals surface area contributed by atoms with Gasteiger partial charge in [0, 0.05) is 25.0 Å². The Hall–Kier alpha value is -1.98. The number of hydrogen-bond acceptors (Lipinski definition) is 2. The highest BCUT2D eigenvalue weighted by atomic mass is 19.1. The number of hydrogen-bond donors (Lipinski definition) is 1. The zero-order chi connectivity index (χ0) is 17.7. The lowest BCUT2D eigenvalue weighted by molar-refractivity contribution is -0.129. The van der Waals surface area contributed by atoms with Crippen LogP contribution in [-0.2, 0) is 4.79 Å². The SMILES string of the molecule is C[C@H]1C[C@@H]2[C@@H](CC(=O)N2C2CC2)[C@@H]1CNC(=O)c1c(F)cccc1F. The molecule has 4 atom stereocenters. The average molecular weight is 348 g/mol. The van der Waals surface area contributed by atoms with Crippen molar-refractivity contribution in [3.63, 3.8) is 0 Å². The molecule has 3 fully saturated rings. The van der Waals surface area contributed by atoms with Crippen LogP contribution in [0.2, 0.25) is 0 Å². The van der Waals surface area contributed by atoms with Gasteiger partial charge in [-0.1, -0.05) is 13.0 Å². The van der Waals surface area contributed by atoms with Crippen LogP contribution in [0.4, 0.5) is 8.78 Å². The van der Waals surface area contributed by atoms with Gasteiger partial charge >= 0.3 is 0 Å². The molecule has 2 saturated carbocycles. The predicted octanol–water partition coefficient (Wildman–Crippen LogP) is 2.73. The van der Waals surface area contributed by atoms with E-state index >= 15 is 0 Å². The number of fused-ring (bicyclic) bond motifs is 1. The van der Waals surface area contributed by atoms with Gasteiger partial charge in [0.1, 0.15) is 17.2 Å². The molecule has 4 rings (SSSR count). The minimum atomic E-state index is -0.856. The van der Waals surface area contributed by atoms with Crippen molar-refractivity contribution in [2.24, 2.45) is 17.8 Å². The highest BCUT2D eigenvalue weighted by molar-refractivity contribution is 5.94. The molecule has 0 unspecified atom stereocenters. The van der Waals surface area contributed by atoms with Crippen molar-refractivity contribution in [2.75, 3.05) is 6.54 Å². The third-order valence-corrected chi connectivity index (χ3v) is 6.07. The van der Waals surface area contributed by atoms with E-state index in [1.807, 2.05) is 0 Å². The lowest BCUT2D eigenvalue weighted by Gasteiger charge is -2.24. The van der Waals surface area contributed by atoms with Gasteiger partial charge in [-0.15, -0.1) is 0 Å². The molecule has 4 nitrogen and oxygen atoms in total. The summed E-state index contributed by atoms with van der Waals surface area (Å²) in [6.07, 6.45) is 3.66. The van der Waals surface area contributed by atoms with Crippen molar-refractivity contribution in [1.29, 1.82) is 0 Å². The van der Waals surface area contributed by atoms with Crippen LogP contribution in [0.5, 0.6) is 0 Å². The van der Waals surface area contributed by atoms with Gasteiger partial charge < -0.3 is 10.2 Å². The molecule has 1 heterocycles. The first-order valence-electron chi connectivity index (χ1n) is 9.00. The normalized spacial score (nSPS) is 31.3. The number of nitrogens with one attached hydrogen (secondary N) is 1. The Morgan fingerprint density at radius 2 is 1.96 bits per heavy atom. The smallest absolute Gasteiger partial charge is 0.257 e. The standard InChI is InChI=1S/C19H22F2N2O2/c1-10-7-16-12(8-17(24)23(16)11-5-6-11)13(10)9-22-19(25)18-14(20)3-2-4-15(18)21/h2-4,10-13,16H,5-9H2,1H3,(H,22,25)/t10-,12-,13+,16+/m0/s1. The summed E-state index contributed by atoms with van der Waals surface area (Å²) in [6, 6.07) is 4.07. The van der Waals surface area contributed by atoms with E-state index in [9.17, 15) is 18.4 Å². The van der Waals surface area contributed by atoms with Gasteiger partial charge in [0.05, 0.1) is 0 Å². The zero-order valence-electron chi connectivity index (χ0n) is 14.2. The van der Waals surface area contributed by atoms with Gasteiger partial charge in [0.15, 0.2) is 0 Å². The number of likely N-dealkylation sites (tertiary alicyclic amines) is 1. The molecule has 2 amide bonds. The summed E-state index contributed by atoms with van der Waals surface area (Å²) < 4.78 is 27.5. The fraction of sp³-hybridized carbons (Fsp3) is 0.579. The van der Waals surface area contributed by atoms with Crippen LogP contribution in [-0.4, -0.2) is 35.3 Å². The molecule has 0 spiro atoms. The van der Waals surface area contributed by atoms with E-state index in [1.165, 1.54) is 6.07 Å². The maximum absolute atomic E-state index is 13.7. The summed E-state index contributed by atoms with van der Waals surface area (Å²) in [5.74, 6) is -1.45. The summed E-state index contributed by atoms with van der Waals surface area (Å²) in [5.41, 5.74) is -0.535. The molecule has 0 aromatic heterocycles. The van der Waals surface area contributed by atoms with Gasteiger partial charge in [-0.2, -0.15) is 0 Å². The lowest BCUT2D eigenvalue weighted by atomic mass is 9.88. The third kappa shape index (κ3) is 2.81. The van der Waals surface area contributed by atoms with Crippen molar-refractivity contribution in [3.05, 3.63) is 35.4 Å². The first-order chi connectivity index (χ1) is 12.0. The van der Waals surface area contributed by atoms with Crippen molar-refractivity contribution in [2.45, 2.75) is 44.7 Å². The van der Waals surface area contributed by atoms with Gasteiger partial charge in [0.2, 0.25) is 5.91 Å². The lowest BCUT2D eigenvalue weighted by Crippen LogP contribution is -2.36. The Labute approximate surface area is 145 Å². The highest BCUT2D eigenvalue weighted by Gasteiger charge is 2.53. The second kappa shape index (κ2) is 6.07. The van der Waals surface area contributed by atoms with Crippen LogP contribution in [0.3, 0.4) is 0 Å². The number of halogens is 2. The predicted molar refractivity (Wildman–Crippen MR) is 87.7 cm³/mol. The Morgan fingerprint density at radius 1 is 1.28 bits per heavy atom. The van der Waals surface area contributed by atoms with Crippen LogP contribution < -0.4 is 5.32 Å². The monoisotopic (exact) mass is 348 g/mol. The van der Waals surface area contributed by atoms with Crippen LogP contribution >= 0.6 is 0 Å². The molecule has 25 heavy (non-hydrogen) atoms. The van der Waals surface area contributed by atoms with Crippen LogP contribution in [0.1, 0.15) is 43.0 Å². The number of carbonyl (C=O) groups excluding carboxylic acids is 2. The molecule has 0 radical (unpaired) electrons. The molecule has 2 aliphatic carbocycles. The Morgan fingerprint density at radius 3 is 2.60 bits per heavy atom. The molecule has 1 aromatic rings. The van der Waals surface area contributed by atoms with Gasteiger partial charge in [0.25, 0.3) is 5.91 Å². The molecule has 1 saturated heterocycles. The molecule has 1 N–H and O–H groups in total. The highest BCUT2D eigenvalue weighted by Crippen LogP contribution is 2.49. The topological polar surface area (TPSA) is 49.4 Å². The summed E-state index contributed by atoms with van der Waals surface area (Å²) in [6.45, 7) is 2.48. The minimum Gasteiger partial charge on any atom is -0.352 e. The quantitative estimate of drug-likeness (QED) is 0.910. The molecule has 0 bridgehead atoms. The first-order valence-corrected chi connectivity index (χ1v) is 9.00. The summed E-state index contributed by atoms with van der Waals surface area (Å²) in [4.78, 5) is 26.6. The summed E-state index contributed by atoms with van der Waals surface area (Å²) in [7, 11) is 0. The fourth-order valence-electron chi connectivity index (χ4n) is 4.73. The molecule has 1 aromatic carbocycles. The van der Waals surface area contributed by atoms with Crippen LogP contribution in [0.15, 0.2) is 18.2 Å². The van der Waals surface area contributed by atoms with E-state index < -0.39 is 23.1 Å². The zero-order valence-corrected chi connectivity index (χ0v) is 14.2. The maximum atomic E-state index is 13.7. The van der Waals surface area contributed by atoms with Crippen molar-refractivity contribution in [1.82, 2.24) is 10.2 Å². The summed E-state index contributed by atoms with van der Waals surface area (Å²) in [5, 5.41) is 2.69. The van der Waals surface area contributed by atoms with E-state index in [2.05, 4.69) is 17.1 Å². The van der Waals surface area contributed by atoms with E-state index in [0.29, 0.717) is 24.9 Å². The number of amides is 2. The van der Waals surface area contributed by atoms with E-state index in [0.717, 1.165) is 31.4 Å². The molecular weight excluding hydrogens is 326 g/mol. The third-order valence-electron chi connectivity index (χ3n) is 6.07. The first kappa shape index (κ1) is 16.5. The number of nitrogens with zero attached hydrogens (tertiary/aromatic N) is 1. The van der Waals surface area contributed by atoms with Crippen molar-refractivity contribution in [3.8, 4) is 0 Å². The minimum absolute atomic E-state index is 0.163. The number of benzene rings is 1. The molecular formula is C19H22F2N2O2. The largest absolute Gasteiger partial charge is 0.352 e. The van der Waals surface area contributed by atoms with E-state index in [1.54, 1.807) is 0 Å². The molecule has 6 heteroatoms. The number of rotatable bonds is 4. The van der Waals surface area contributed by atoms with Crippen molar-refractivity contribution >= 4 is 11.8 Å². The summed E-state index contributed by atoms with van der Waals surface area (Å²) >= 11 is 0. The van der Waals surface area contributed by atoms with Gasteiger partial charge in [-0.3, -0.25) is 9.59 Å². The Bertz CT molecular complexity index is 699. The van der Waals surface area contributed by atoms with E-state index in [4.69, 9.17) is 0 Å². The fourth-order valence-corrected chi connectivity index (χ4v) is 4.73. The Kier molecular flexibility index (Phi) is 4.01.